The molecule has 2 aromatic rings. The van der Waals surface area contributed by atoms with Gasteiger partial charge in [0.05, 0.1) is 5.52 Å². The van der Waals surface area contributed by atoms with Gasteiger partial charge < -0.3 is 10.6 Å². The molecule has 2 aliphatic rings. The topological polar surface area (TPSA) is 52.6 Å². The van der Waals surface area contributed by atoms with Crippen molar-refractivity contribution in [1.29, 1.82) is 0 Å². The van der Waals surface area contributed by atoms with Crippen LogP contribution < -0.4 is 10.6 Å². The number of nitrogens with zero attached hydrogens (tertiary/aromatic N) is 3. The zero-order valence-corrected chi connectivity index (χ0v) is 17.0. The van der Waals surface area contributed by atoms with Crippen LogP contribution in [0.15, 0.2) is 41.5 Å². The molecule has 1 atom stereocenters. The van der Waals surface area contributed by atoms with Crippen LogP contribution in [0.4, 0.5) is 0 Å². The summed E-state index contributed by atoms with van der Waals surface area (Å²) in [7, 11) is 0. The van der Waals surface area contributed by atoms with Gasteiger partial charge in [-0.15, -0.1) is 0 Å². The summed E-state index contributed by atoms with van der Waals surface area (Å²) in [4.78, 5) is 12.1. The molecule has 1 aliphatic carbocycles. The molecule has 0 radical (unpaired) electrons. The molecule has 1 saturated heterocycles. The molecule has 2 N–H and O–H groups in total. The Morgan fingerprint density at radius 1 is 1.18 bits per heavy atom. The van der Waals surface area contributed by atoms with Crippen LogP contribution in [0.2, 0.25) is 0 Å². The van der Waals surface area contributed by atoms with Gasteiger partial charge in [-0.2, -0.15) is 0 Å². The molecule has 4 rings (SSSR count). The first kappa shape index (κ1) is 19.2. The predicted octanol–water partition coefficient (Wildman–Crippen LogP) is 3.35. The monoisotopic (exact) mass is 379 g/mol. The smallest absolute Gasteiger partial charge is 0.191 e. The van der Waals surface area contributed by atoms with E-state index in [0.717, 1.165) is 43.6 Å². The lowest BCUT2D eigenvalue weighted by molar-refractivity contribution is 0.242. The van der Waals surface area contributed by atoms with E-state index in [1.807, 2.05) is 12.3 Å². The summed E-state index contributed by atoms with van der Waals surface area (Å²) in [6.45, 7) is 6.17. The van der Waals surface area contributed by atoms with E-state index in [2.05, 4.69) is 51.7 Å². The number of benzene rings is 1. The first-order valence-electron chi connectivity index (χ1n) is 10.9. The largest absolute Gasteiger partial charge is 0.357 e. The number of guanidine groups is 1. The summed E-state index contributed by atoms with van der Waals surface area (Å²) >= 11 is 0. The normalized spacial score (nSPS) is 21.5. The highest BCUT2D eigenvalue weighted by Gasteiger charge is 2.30. The SMILES string of the molecule is CCNC(=NCCc1cccc2cccnc12)NC1CCN(C2CCCC2)C1. The average molecular weight is 380 g/mol. The fourth-order valence-corrected chi connectivity index (χ4v) is 4.68. The van der Waals surface area contributed by atoms with Crippen molar-refractivity contribution in [3.05, 3.63) is 42.1 Å². The Hall–Kier alpha value is -2.14. The van der Waals surface area contributed by atoms with E-state index < -0.39 is 0 Å². The molecule has 0 spiro atoms. The average Bonchev–Trinajstić information content (AvgIpc) is 3.40. The molecular formula is C23H33N5. The van der Waals surface area contributed by atoms with Gasteiger partial charge >= 0.3 is 0 Å². The van der Waals surface area contributed by atoms with Crippen molar-refractivity contribution in [2.45, 2.75) is 57.5 Å². The highest BCUT2D eigenvalue weighted by molar-refractivity contribution is 5.82. The van der Waals surface area contributed by atoms with E-state index in [0.29, 0.717) is 6.04 Å². The van der Waals surface area contributed by atoms with Gasteiger partial charge in [-0.25, -0.2) is 0 Å². The Morgan fingerprint density at radius 2 is 2.04 bits per heavy atom. The molecule has 150 valence electrons. The van der Waals surface area contributed by atoms with E-state index in [9.17, 15) is 0 Å². The van der Waals surface area contributed by atoms with E-state index in [1.165, 1.54) is 49.6 Å². The first-order chi connectivity index (χ1) is 13.8. The Balaban J connectivity index is 1.34. The number of aromatic nitrogens is 1. The number of likely N-dealkylation sites (tertiary alicyclic amines) is 1. The maximum Gasteiger partial charge on any atom is 0.191 e. The number of hydrogen-bond acceptors (Lipinski definition) is 3. The van der Waals surface area contributed by atoms with Crippen LogP contribution in [0, 0.1) is 0 Å². The molecule has 1 unspecified atom stereocenters. The van der Waals surface area contributed by atoms with Crippen LogP contribution in [-0.4, -0.2) is 54.1 Å². The third kappa shape index (κ3) is 4.64. The minimum Gasteiger partial charge on any atom is -0.357 e. The van der Waals surface area contributed by atoms with Gasteiger partial charge in [0.15, 0.2) is 5.96 Å². The molecule has 5 heteroatoms. The van der Waals surface area contributed by atoms with Crippen LogP contribution in [-0.2, 0) is 6.42 Å². The minimum absolute atomic E-state index is 0.512. The van der Waals surface area contributed by atoms with Crippen molar-refractivity contribution in [3.63, 3.8) is 0 Å². The molecule has 1 aliphatic heterocycles. The van der Waals surface area contributed by atoms with Crippen LogP contribution >= 0.6 is 0 Å². The van der Waals surface area contributed by atoms with Crippen molar-refractivity contribution in [1.82, 2.24) is 20.5 Å². The summed E-state index contributed by atoms with van der Waals surface area (Å²) in [5, 5.41) is 8.30. The summed E-state index contributed by atoms with van der Waals surface area (Å²) in [5.74, 6) is 0.953. The number of fused-ring (bicyclic) bond motifs is 1. The van der Waals surface area contributed by atoms with Crippen molar-refractivity contribution in [2.24, 2.45) is 4.99 Å². The summed E-state index contributed by atoms with van der Waals surface area (Å²) < 4.78 is 0. The number of rotatable bonds is 6. The molecule has 28 heavy (non-hydrogen) atoms. The number of nitrogens with one attached hydrogen (secondary N) is 2. The lowest BCUT2D eigenvalue weighted by Crippen LogP contribution is -2.45. The second kappa shape index (κ2) is 9.37. The number of aliphatic imine (C=N–C) groups is 1. The molecule has 1 saturated carbocycles. The van der Waals surface area contributed by atoms with E-state index in [4.69, 9.17) is 4.99 Å². The zero-order chi connectivity index (χ0) is 19.2. The first-order valence-corrected chi connectivity index (χ1v) is 10.9. The fourth-order valence-electron chi connectivity index (χ4n) is 4.68. The van der Waals surface area contributed by atoms with Crippen LogP contribution in [0.1, 0.15) is 44.6 Å². The van der Waals surface area contributed by atoms with Gasteiger partial charge in [0, 0.05) is 49.8 Å². The van der Waals surface area contributed by atoms with Gasteiger partial charge in [0.2, 0.25) is 0 Å². The number of pyridine rings is 1. The van der Waals surface area contributed by atoms with Crippen LogP contribution in [0.25, 0.3) is 10.9 Å². The van der Waals surface area contributed by atoms with Crippen molar-refractivity contribution in [2.75, 3.05) is 26.2 Å². The molecular weight excluding hydrogens is 346 g/mol. The van der Waals surface area contributed by atoms with Crippen molar-refractivity contribution < 1.29 is 0 Å². The fraction of sp³-hybridized carbons (Fsp3) is 0.565. The Kier molecular flexibility index (Phi) is 6.42. The molecule has 0 bridgehead atoms. The third-order valence-electron chi connectivity index (χ3n) is 6.11. The Morgan fingerprint density at radius 3 is 2.89 bits per heavy atom. The van der Waals surface area contributed by atoms with Crippen molar-refractivity contribution in [3.8, 4) is 0 Å². The number of hydrogen-bond donors (Lipinski definition) is 2. The van der Waals surface area contributed by atoms with Crippen molar-refractivity contribution >= 4 is 16.9 Å². The maximum absolute atomic E-state index is 4.85. The number of para-hydroxylation sites is 1. The third-order valence-corrected chi connectivity index (χ3v) is 6.11. The maximum atomic E-state index is 4.85. The zero-order valence-electron chi connectivity index (χ0n) is 17.0. The lowest BCUT2D eigenvalue weighted by atomic mass is 10.1. The van der Waals surface area contributed by atoms with Crippen LogP contribution in [0.5, 0.6) is 0 Å². The Bertz CT molecular complexity index is 791. The molecule has 2 heterocycles. The highest BCUT2D eigenvalue weighted by atomic mass is 15.3. The molecule has 0 amide bonds. The molecule has 5 nitrogen and oxygen atoms in total. The van der Waals surface area contributed by atoms with Crippen LogP contribution in [0.3, 0.4) is 0 Å². The summed E-state index contributed by atoms with van der Waals surface area (Å²) in [5.41, 5.74) is 2.37. The quantitative estimate of drug-likeness (QED) is 0.597. The summed E-state index contributed by atoms with van der Waals surface area (Å²) in [6, 6.07) is 11.9. The Labute approximate surface area is 168 Å². The minimum atomic E-state index is 0.512. The predicted molar refractivity (Wildman–Crippen MR) is 117 cm³/mol. The van der Waals surface area contributed by atoms with E-state index in [1.54, 1.807) is 0 Å². The second-order valence-corrected chi connectivity index (χ2v) is 8.07. The van der Waals surface area contributed by atoms with E-state index in [-0.39, 0.29) is 0 Å². The summed E-state index contributed by atoms with van der Waals surface area (Å²) in [6.07, 6.45) is 9.59. The molecule has 2 fully saturated rings. The van der Waals surface area contributed by atoms with Gasteiger partial charge in [0.25, 0.3) is 0 Å². The van der Waals surface area contributed by atoms with Gasteiger partial charge in [-0.3, -0.25) is 14.9 Å². The lowest BCUT2D eigenvalue weighted by Gasteiger charge is -2.24. The van der Waals surface area contributed by atoms with Gasteiger partial charge in [0.1, 0.15) is 0 Å². The molecule has 1 aromatic heterocycles. The standard InChI is InChI=1S/C23H33N5/c1-2-24-23(27-20-13-16-28(17-20)21-10-3-4-11-21)26-15-12-19-8-5-7-18-9-6-14-25-22(18)19/h5-9,14,20-21H,2-4,10-13,15-17H2,1H3,(H2,24,26,27). The van der Waals surface area contributed by atoms with Gasteiger partial charge in [-0.05, 0) is 44.2 Å². The van der Waals surface area contributed by atoms with Gasteiger partial charge in [-0.1, -0.05) is 37.1 Å². The molecule has 1 aromatic carbocycles. The second-order valence-electron chi connectivity index (χ2n) is 8.07. The highest BCUT2D eigenvalue weighted by Crippen LogP contribution is 2.26. The van der Waals surface area contributed by atoms with E-state index >= 15 is 0 Å².